The minimum Gasteiger partial charge on any atom is -0.378 e. The zero-order valence-electron chi connectivity index (χ0n) is 19.0. The van der Waals surface area contributed by atoms with E-state index in [2.05, 4.69) is 50.6 Å². The number of guanidine groups is 1. The lowest BCUT2D eigenvalue weighted by Gasteiger charge is -2.34. The number of pyridine rings is 1. The van der Waals surface area contributed by atoms with Crippen molar-refractivity contribution in [3.8, 4) is 0 Å². The van der Waals surface area contributed by atoms with E-state index >= 15 is 0 Å². The van der Waals surface area contributed by atoms with Crippen LogP contribution in [-0.2, 0) is 4.74 Å². The molecule has 2 N–H and O–H groups in total. The van der Waals surface area contributed by atoms with Crippen molar-refractivity contribution >= 4 is 11.8 Å². The van der Waals surface area contributed by atoms with Crippen molar-refractivity contribution in [1.82, 2.24) is 15.6 Å². The van der Waals surface area contributed by atoms with Crippen molar-refractivity contribution < 1.29 is 4.74 Å². The first kappa shape index (κ1) is 22.9. The van der Waals surface area contributed by atoms with Crippen molar-refractivity contribution in [3.63, 3.8) is 0 Å². The van der Waals surface area contributed by atoms with Crippen LogP contribution in [-0.4, -0.2) is 56.4 Å². The summed E-state index contributed by atoms with van der Waals surface area (Å²) in [5.74, 6) is 2.02. The first-order valence-corrected chi connectivity index (χ1v) is 12.0. The van der Waals surface area contributed by atoms with Crippen molar-refractivity contribution in [3.05, 3.63) is 23.9 Å². The molecule has 1 aliphatic carbocycles. The average molecular weight is 416 g/mol. The Balaban J connectivity index is 1.27. The summed E-state index contributed by atoms with van der Waals surface area (Å²) in [5, 5.41) is 7.07. The molecule has 2 fully saturated rings. The van der Waals surface area contributed by atoms with Gasteiger partial charge in [-0.1, -0.05) is 31.7 Å². The predicted molar refractivity (Wildman–Crippen MR) is 125 cm³/mol. The van der Waals surface area contributed by atoms with E-state index < -0.39 is 0 Å². The van der Waals surface area contributed by atoms with Crippen LogP contribution in [0, 0.1) is 6.92 Å². The van der Waals surface area contributed by atoms with Crippen molar-refractivity contribution in [2.75, 3.05) is 38.2 Å². The maximum atomic E-state index is 6.09. The SMILES string of the molecule is CN=C(NCCCCOC1CCCCCC1)NC1CCN(c2cccc(C)n2)CC1. The molecule has 0 aromatic carbocycles. The molecule has 3 rings (SSSR count). The summed E-state index contributed by atoms with van der Waals surface area (Å²) in [4.78, 5) is 11.5. The largest absolute Gasteiger partial charge is 0.378 e. The molecule has 1 saturated heterocycles. The normalized spacial score (nSPS) is 19.5. The molecule has 0 unspecified atom stereocenters. The first-order valence-electron chi connectivity index (χ1n) is 12.0. The lowest BCUT2D eigenvalue weighted by Crippen LogP contribution is -2.49. The van der Waals surface area contributed by atoms with E-state index in [-0.39, 0.29) is 0 Å². The second kappa shape index (κ2) is 12.8. The lowest BCUT2D eigenvalue weighted by molar-refractivity contribution is 0.0411. The Hall–Kier alpha value is -1.82. The van der Waals surface area contributed by atoms with Gasteiger partial charge >= 0.3 is 0 Å². The van der Waals surface area contributed by atoms with Gasteiger partial charge in [0.1, 0.15) is 5.82 Å². The molecule has 1 saturated carbocycles. The molecular formula is C24H41N5O. The number of hydrogen-bond donors (Lipinski definition) is 2. The minimum absolute atomic E-state index is 0.468. The number of aliphatic imine (C=N–C) groups is 1. The summed E-state index contributed by atoms with van der Waals surface area (Å²) in [6.07, 6.45) is 12.9. The molecule has 1 aromatic rings. The third-order valence-corrected chi connectivity index (χ3v) is 6.28. The maximum Gasteiger partial charge on any atom is 0.191 e. The van der Waals surface area contributed by atoms with Crippen LogP contribution in [0.1, 0.15) is 69.9 Å². The van der Waals surface area contributed by atoms with Crippen LogP contribution in [0.15, 0.2) is 23.2 Å². The quantitative estimate of drug-likeness (QED) is 0.290. The van der Waals surface area contributed by atoms with Gasteiger partial charge in [0.2, 0.25) is 0 Å². The summed E-state index contributed by atoms with van der Waals surface area (Å²) in [6.45, 7) is 5.95. The number of ether oxygens (including phenoxy) is 1. The second-order valence-electron chi connectivity index (χ2n) is 8.73. The molecule has 0 spiro atoms. The Morgan fingerprint density at radius 2 is 1.87 bits per heavy atom. The van der Waals surface area contributed by atoms with Crippen molar-refractivity contribution in [1.29, 1.82) is 0 Å². The monoisotopic (exact) mass is 415 g/mol. The summed E-state index contributed by atoms with van der Waals surface area (Å²) >= 11 is 0. The van der Waals surface area contributed by atoms with E-state index in [4.69, 9.17) is 4.74 Å². The molecule has 1 aliphatic heterocycles. The van der Waals surface area contributed by atoms with Gasteiger partial charge in [0.15, 0.2) is 5.96 Å². The molecule has 2 aliphatic rings. The summed E-state index contributed by atoms with van der Waals surface area (Å²) < 4.78 is 6.09. The van der Waals surface area contributed by atoms with E-state index in [1.165, 1.54) is 38.5 Å². The van der Waals surface area contributed by atoms with Crippen LogP contribution in [0.4, 0.5) is 5.82 Å². The Morgan fingerprint density at radius 1 is 1.10 bits per heavy atom. The number of aryl methyl sites for hydroxylation is 1. The highest BCUT2D eigenvalue weighted by Gasteiger charge is 2.21. The molecule has 0 atom stereocenters. The number of unbranched alkanes of at least 4 members (excludes halogenated alkanes) is 1. The lowest BCUT2D eigenvalue weighted by atomic mass is 10.1. The third-order valence-electron chi connectivity index (χ3n) is 6.28. The molecule has 30 heavy (non-hydrogen) atoms. The van der Waals surface area contributed by atoms with Gasteiger partial charge in [0, 0.05) is 45.0 Å². The topological polar surface area (TPSA) is 61.8 Å². The summed E-state index contributed by atoms with van der Waals surface area (Å²) in [5.41, 5.74) is 1.08. The molecule has 6 nitrogen and oxygen atoms in total. The van der Waals surface area contributed by atoms with Crippen LogP contribution in [0.5, 0.6) is 0 Å². The van der Waals surface area contributed by atoms with Gasteiger partial charge in [-0.05, 0) is 57.6 Å². The number of rotatable bonds is 8. The van der Waals surface area contributed by atoms with Crippen LogP contribution < -0.4 is 15.5 Å². The molecule has 0 bridgehead atoms. The highest BCUT2D eigenvalue weighted by atomic mass is 16.5. The molecule has 168 valence electrons. The Morgan fingerprint density at radius 3 is 2.57 bits per heavy atom. The third kappa shape index (κ3) is 7.78. The van der Waals surface area contributed by atoms with E-state index in [9.17, 15) is 0 Å². The smallest absolute Gasteiger partial charge is 0.191 e. The van der Waals surface area contributed by atoms with E-state index in [1.807, 2.05) is 7.05 Å². The van der Waals surface area contributed by atoms with Gasteiger partial charge in [-0.15, -0.1) is 0 Å². The zero-order valence-corrected chi connectivity index (χ0v) is 19.0. The average Bonchev–Trinajstić information content (AvgIpc) is 3.04. The predicted octanol–water partition coefficient (Wildman–Crippen LogP) is 4.04. The number of piperidine rings is 1. The van der Waals surface area contributed by atoms with E-state index in [1.54, 1.807) is 0 Å². The van der Waals surface area contributed by atoms with Crippen LogP contribution in [0.25, 0.3) is 0 Å². The van der Waals surface area contributed by atoms with Crippen molar-refractivity contribution in [2.24, 2.45) is 4.99 Å². The molecule has 0 amide bonds. The fourth-order valence-corrected chi connectivity index (χ4v) is 4.44. The van der Waals surface area contributed by atoms with Crippen LogP contribution in [0.3, 0.4) is 0 Å². The number of nitrogens with one attached hydrogen (secondary N) is 2. The molecular weight excluding hydrogens is 374 g/mol. The molecule has 1 aromatic heterocycles. The highest BCUT2D eigenvalue weighted by Crippen LogP contribution is 2.20. The second-order valence-corrected chi connectivity index (χ2v) is 8.73. The van der Waals surface area contributed by atoms with Gasteiger partial charge in [0.25, 0.3) is 0 Å². The minimum atomic E-state index is 0.468. The van der Waals surface area contributed by atoms with Gasteiger partial charge in [-0.3, -0.25) is 4.99 Å². The number of anilines is 1. The van der Waals surface area contributed by atoms with Gasteiger partial charge in [0.05, 0.1) is 6.10 Å². The summed E-state index contributed by atoms with van der Waals surface area (Å²) in [6, 6.07) is 6.73. The number of aromatic nitrogens is 1. The Labute approximate surface area is 182 Å². The van der Waals surface area contributed by atoms with Gasteiger partial charge in [-0.2, -0.15) is 0 Å². The van der Waals surface area contributed by atoms with Crippen molar-refractivity contribution in [2.45, 2.75) is 83.3 Å². The fraction of sp³-hybridized carbons (Fsp3) is 0.750. The molecule has 6 heteroatoms. The number of nitrogens with zero attached hydrogens (tertiary/aromatic N) is 3. The van der Waals surface area contributed by atoms with E-state index in [0.717, 1.165) is 69.4 Å². The van der Waals surface area contributed by atoms with Crippen LogP contribution in [0.2, 0.25) is 0 Å². The Bertz CT molecular complexity index is 634. The molecule has 2 heterocycles. The molecule has 0 radical (unpaired) electrons. The maximum absolute atomic E-state index is 6.09. The van der Waals surface area contributed by atoms with Gasteiger partial charge in [-0.25, -0.2) is 4.98 Å². The Kier molecular flexibility index (Phi) is 9.74. The number of hydrogen-bond acceptors (Lipinski definition) is 4. The zero-order chi connectivity index (χ0) is 21.0. The standard InChI is InChI=1S/C24H41N5O/c1-20-10-9-13-23(27-20)29-17-14-21(15-18-29)28-24(25-2)26-16-7-8-19-30-22-11-5-3-4-6-12-22/h9-10,13,21-22H,3-8,11-12,14-19H2,1-2H3,(H2,25,26,28). The fourth-order valence-electron chi connectivity index (χ4n) is 4.44. The first-order chi connectivity index (χ1) is 14.7. The van der Waals surface area contributed by atoms with E-state index in [0.29, 0.717) is 12.1 Å². The summed E-state index contributed by atoms with van der Waals surface area (Å²) in [7, 11) is 1.86. The highest BCUT2D eigenvalue weighted by molar-refractivity contribution is 5.79. The van der Waals surface area contributed by atoms with Crippen LogP contribution >= 0.6 is 0 Å². The van der Waals surface area contributed by atoms with Gasteiger partial charge < -0.3 is 20.3 Å².